The summed E-state index contributed by atoms with van der Waals surface area (Å²) in [5.41, 5.74) is 1.90. The van der Waals surface area contributed by atoms with Gasteiger partial charge >= 0.3 is 0 Å². The van der Waals surface area contributed by atoms with E-state index >= 15 is 0 Å². The molecule has 2 aromatic rings. The Balaban J connectivity index is 1.80. The van der Waals surface area contributed by atoms with Gasteiger partial charge in [0.2, 0.25) is 0 Å². The molecule has 3 rings (SSSR count). The largest absolute Gasteiger partial charge is 0.337 e. The van der Waals surface area contributed by atoms with Crippen LogP contribution in [0.25, 0.3) is 0 Å². The van der Waals surface area contributed by atoms with Gasteiger partial charge in [-0.1, -0.05) is 11.6 Å². The zero-order chi connectivity index (χ0) is 21.2. The molecule has 1 aliphatic heterocycles. The van der Waals surface area contributed by atoms with Gasteiger partial charge < -0.3 is 10.2 Å². The van der Waals surface area contributed by atoms with Crippen LogP contribution in [0, 0.1) is 6.92 Å². The van der Waals surface area contributed by atoms with E-state index in [4.69, 9.17) is 11.6 Å². The topological polar surface area (TPSA) is 83.6 Å². The Labute approximate surface area is 179 Å². The van der Waals surface area contributed by atoms with E-state index in [0.717, 1.165) is 36.4 Å². The second-order valence-corrected chi connectivity index (χ2v) is 10.4. The fraction of sp³-hybridized carbons (Fsp3) is 0.300. The standard InChI is InChI=1S/C20H21ClN2O4S2/c1-13-11-14(20(25)23-7-9-28-10-8-23)3-6-18(13)22-19(24)16-12-15(29(2,26)27)4-5-17(16)21/h3-6,11-12H,7-10H2,1-2H3,(H,22,24). The monoisotopic (exact) mass is 452 g/mol. The van der Waals surface area contributed by atoms with E-state index in [9.17, 15) is 18.0 Å². The number of benzene rings is 2. The average Bonchev–Trinajstić information content (AvgIpc) is 2.69. The van der Waals surface area contributed by atoms with E-state index < -0.39 is 15.7 Å². The Morgan fingerprint density at radius 1 is 1.10 bits per heavy atom. The molecule has 6 nitrogen and oxygen atoms in total. The molecule has 29 heavy (non-hydrogen) atoms. The van der Waals surface area contributed by atoms with Crippen molar-refractivity contribution in [1.29, 1.82) is 0 Å². The molecule has 1 aliphatic rings. The molecule has 0 atom stereocenters. The second-order valence-electron chi connectivity index (χ2n) is 6.80. The van der Waals surface area contributed by atoms with Crippen LogP contribution in [-0.2, 0) is 9.84 Å². The van der Waals surface area contributed by atoms with Crippen molar-refractivity contribution in [3.63, 3.8) is 0 Å². The van der Waals surface area contributed by atoms with Crippen LogP contribution in [0.15, 0.2) is 41.3 Å². The molecule has 1 fully saturated rings. The summed E-state index contributed by atoms with van der Waals surface area (Å²) in [4.78, 5) is 27.2. The predicted molar refractivity (Wildman–Crippen MR) is 117 cm³/mol. The number of halogens is 1. The van der Waals surface area contributed by atoms with Gasteiger partial charge in [-0.25, -0.2) is 8.42 Å². The minimum absolute atomic E-state index is 0.0180. The maximum Gasteiger partial charge on any atom is 0.257 e. The lowest BCUT2D eigenvalue weighted by molar-refractivity contribution is 0.0772. The molecule has 0 aromatic heterocycles. The fourth-order valence-electron chi connectivity index (χ4n) is 2.98. The Morgan fingerprint density at radius 3 is 2.41 bits per heavy atom. The van der Waals surface area contributed by atoms with E-state index in [1.54, 1.807) is 25.1 Å². The van der Waals surface area contributed by atoms with Crippen molar-refractivity contribution in [1.82, 2.24) is 4.90 Å². The molecule has 0 bridgehead atoms. The Morgan fingerprint density at radius 2 is 1.79 bits per heavy atom. The molecule has 0 spiro atoms. The zero-order valence-electron chi connectivity index (χ0n) is 16.1. The van der Waals surface area contributed by atoms with Crippen molar-refractivity contribution in [3.05, 3.63) is 58.1 Å². The van der Waals surface area contributed by atoms with E-state index in [1.807, 2.05) is 16.7 Å². The first-order valence-corrected chi connectivity index (χ1v) is 12.4. The summed E-state index contributed by atoms with van der Waals surface area (Å²) in [6.45, 7) is 3.26. The van der Waals surface area contributed by atoms with E-state index in [2.05, 4.69) is 5.32 Å². The molecule has 0 unspecified atom stereocenters. The summed E-state index contributed by atoms with van der Waals surface area (Å²) >= 11 is 7.93. The van der Waals surface area contributed by atoms with Gasteiger partial charge in [0.15, 0.2) is 9.84 Å². The number of nitrogens with zero attached hydrogens (tertiary/aromatic N) is 1. The smallest absolute Gasteiger partial charge is 0.257 e. The fourth-order valence-corrected chi connectivity index (χ4v) is 4.74. The van der Waals surface area contributed by atoms with Crippen LogP contribution < -0.4 is 5.32 Å². The van der Waals surface area contributed by atoms with Crippen LogP contribution >= 0.6 is 23.4 Å². The first-order valence-electron chi connectivity index (χ1n) is 8.95. The Kier molecular flexibility index (Phi) is 6.55. The molecule has 154 valence electrons. The van der Waals surface area contributed by atoms with Crippen LogP contribution in [0.1, 0.15) is 26.3 Å². The highest BCUT2D eigenvalue weighted by molar-refractivity contribution is 7.99. The van der Waals surface area contributed by atoms with E-state index in [0.29, 0.717) is 11.3 Å². The SMILES string of the molecule is Cc1cc(C(=O)N2CCSCC2)ccc1NC(=O)c1cc(S(C)(=O)=O)ccc1Cl. The lowest BCUT2D eigenvalue weighted by Crippen LogP contribution is -2.37. The maximum absolute atomic E-state index is 12.7. The highest BCUT2D eigenvalue weighted by atomic mass is 35.5. The third-order valence-electron chi connectivity index (χ3n) is 4.63. The lowest BCUT2D eigenvalue weighted by Gasteiger charge is -2.26. The number of thioether (sulfide) groups is 1. The molecule has 1 N–H and O–H groups in total. The van der Waals surface area contributed by atoms with Gasteiger partial charge in [0.1, 0.15) is 0 Å². The summed E-state index contributed by atoms with van der Waals surface area (Å²) in [6, 6.07) is 9.11. The molecule has 1 heterocycles. The summed E-state index contributed by atoms with van der Waals surface area (Å²) in [5, 5.41) is 2.90. The highest BCUT2D eigenvalue weighted by Gasteiger charge is 2.20. The maximum atomic E-state index is 12.7. The normalized spacial score (nSPS) is 14.5. The molecular formula is C20H21ClN2O4S2. The zero-order valence-corrected chi connectivity index (χ0v) is 18.5. The van der Waals surface area contributed by atoms with Crippen molar-refractivity contribution in [2.45, 2.75) is 11.8 Å². The average molecular weight is 453 g/mol. The molecule has 0 aliphatic carbocycles. The van der Waals surface area contributed by atoms with Crippen molar-refractivity contribution in [2.75, 3.05) is 36.2 Å². The van der Waals surface area contributed by atoms with Crippen LogP contribution in [-0.4, -0.2) is 56.0 Å². The van der Waals surface area contributed by atoms with Crippen LogP contribution in [0.4, 0.5) is 5.69 Å². The van der Waals surface area contributed by atoms with Crippen molar-refractivity contribution >= 4 is 50.7 Å². The van der Waals surface area contributed by atoms with Gasteiger partial charge in [-0.2, -0.15) is 11.8 Å². The van der Waals surface area contributed by atoms with Gasteiger partial charge in [0.25, 0.3) is 11.8 Å². The number of amides is 2. The number of aryl methyl sites for hydroxylation is 1. The van der Waals surface area contributed by atoms with Crippen LogP contribution in [0.5, 0.6) is 0 Å². The second kappa shape index (κ2) is 8.77. The first-order chi connectivity index (χ1) is 13.7. The van der Waals surface area contributed by atoms with E-state index in [1.165, 1.54) is 18.2 Å². The molecule has 2 amide bonds. The molecular weight excluding hydrogens is 432 g/mol. The third kappa shape index (κ3) is 5.12. The summed E-state index contributed by atoms with van der Waals surface area (Å²) in [6.07, 6.45) is 1.07. The van der Waals surface area contributed by atoms with Crippen molar-refractivity contribution in [2.24, 2.45) is 0 Å². The number of sulfone groups is 1. The van der Waals surface area contributed by atoms with Gasteiger partial charge in [-0.3, -0.25) is 9.59 Å². The number of rotatable bonds is 4. The van der Waals surface area contributed by atoms with Crippen molar-refractivity contribution < 1.29 is 18.0 Å². The quantitative estimate of drug-likeness (QED) is 0.767. The molecule has 0 saturated carbocycles. The van der Waals surface area contributed by atoms with Crippen LogP contribution in [0.2, 0.25) is 5.02 Å². The minimum Gasteiger partial charge on any atom is -0.337 e. The molecule has 0 radical (unpaired) electrons. The van der Waals surface area contributed by atoms with Gasteiger partial charge in [0, 0.05) is 42.1 Å². The summed E-state index contributed by atoms with van der Waals surface area (Å²) in [7, 11) is -3.46. The Hall–Kier alpha value is -2.03. The number of carbonyl (C=O) groups is 2. The predicted octanol–water partition coefficient (Wildman–Crippen LogP) is 3.49. The highest BCUT2D eigenvalue weighted by Crippen LogP contribution is 2.24. The van der Waals surface area contributed by atoms with Gasteiger partial charge in [-0.05, 0) is 48.9 Å². The first kappa shape index (κ1) is 21.7. The van der Waals surface area contributed by atoms with Gasteiger partial charge in [0.05, 0.1) is 15.5 Å². The molecule has 1 saturated heterocycles. The van der Waals surface area contributed by atoms with Crippen molar-refractivity contribution in [3.8, 4) is 0 Å². The summed E-state index contributed by atoms with van der Waals surface area (Å²) < 4.78 is 23.5. The Bertz CT molecular complexity index is 1060. The third-order valence-corrected chi connectivity index (χ3v) is 7.01. The number of carbonyl (C=O) groups excluding carboxylic acids is 2. The summed E-state index contributed by atoms with van der Waals surface area (Å²) in [5.74, 6) is 1.34. The number of hydrogen-bond donors (Lipinski definition) is 1. The number of nitrogens with one attached hydrogen (secondary N) is 1. The van der Waals surface area contributed by atoms with E-state index in [-0.39, 0.29) is 21.4 Å². The van der Waals surface area contributed by atoms with Gasteiger partial charge in [-0.15, -0.1) is 0 Å². The van der Waals surface area contributed by atoms with Crippen LogP contribution in [0.3, 0.4) is 0 Å². The lowest BCUT2D eigenvalue weighted by atomic mass is 10.1. The molecule has 9 heteroatoms. The minimum atomic E-state index is -3.46. The molecule has 2 aromatic carbocycles. The number of hydrogen-bond acceptors (Lipinski definition) is 5. The number of anilines is 1.